The maximum atomic E-state index is 10.8. The predicted octanol–water partition coefficient (Wildman–Crippen LogP) is 5.11. The molecule has 39 heavy (non-hydrogen) atoms. The number of fused-ring (bicyclic) bond motifs is 4. The third kappa shape index (κ3) is 5.62. The first-order chi connectivity index (χ1) is 19.1. The summed E-state index contributed by atoms with van der Waals surface area (Å²) in [4.78, 5) is 1.68. The molecule has 2 N–H and O–H groups in total. The third-order valence-corrected chi connectivity index (χ3v) is 10.3. The van der Waals surface area contributed by atoms with Gasteiger partial charge in [-0.25, -0.2) is 0 Å². The summed E-state index contributed by atoms with van der Waals surface area (Å²) in [5.74, 6) is 0.358. The largest absolute Gasteiger partial charge is 0.666 e. The van der Waals surface area contributed by atoms with Crippen LogP contribution in [0.25, 0.3) is 0 Å². The lowest BCUT2D eigenvalue weighted by molar-refractivity contribution is -0.894. The van der Waals surface area contributed by atoms with E-state index in [1.807, 2.05) is 84.9 Å². The van der Waals surface area contributed by atoms with Gasteiger partial charge in [-0.2, -0.15) is 0 Å². The first kappa shape index (κ1) is 27.4. The standard InChI is InChI=1S/C26H21BO4P.C6H15N/c28-23-17-9-7-15-21(23)25-30-27(19-11-3-1-4-12-19)29-24-18-10-8-16-22(24)26(31-27)32(25)20-13-5-2-6-14-20;1-4-7(5-2)6-3/h1-18,25-26,28H;4-6H2,1-3H3/q-1;/p+1. The summed E-state index contributed by atoms with van der Waals surface area (Å²) >= 11 is 0. The topological polar surface area (TPSA) is 52.4 Å². The van der Waals surface area contributed by atoms with Crippen LogP contribution in [0.3, 0.4) is 0 Å². The molecule has 0 radical (unpaired) electrons. The smallest absolute Gasteiger partial charge is 0.467 e. The summed E-state index contributed by atoms with van der Waals surface area (Å²) in [6, 6.07) is 35.6. The quantitative estimate of drug-likeness (QED) is 0.263. The molecule has 0 aliphatic carbocycles. The Morgan fingerprint density at radius 1 is 0.667 bits per heavy atom. The molecule has 4 aromatic rings. The summed E-state index contributed by atoms with van der Waals surface area (Å²) in [6.45, 7) is 8.23. The molecular weight excluding hydrogens is 504 g/mol. The highest BCUT2D eigenvalue weighted by Crippen LogP contribution is 2.69. The zero-order chi connectivity index (χ0) is 27.2. The fraction of sp³-hybridized carbons (Fsp3) is 0.250. The van der Waals surface area contributed by atoms with Crippen LogP contribution < -0.4 is 20.3 Å². The second-order valence-electron chi connectivity index (χ2n) is 9.80. The van der Waals surface area contributed by atoms with Gasteiger partial charge in [0.2, 0.25) is 0 Å². The second kappa shape index (κ2) is 12.4. The van der Waals surface area contributed by atoms with Gasteiger partial charge in [-0.3, -0.25) is 0 Å². The molecule has 2 bridgehead atoms. The Hall–Kier alpha value is -3.15. The summed E-state index contributed by atoms with van der Waals surface area (Å²) < 4.78 is 20.1. The number of phenolic OH excluding ortho intramolecular Hbond substituents is 1. The Kier molecular flexibility index (Phi) is 8.69. The van der Waals surface area contributed by atoms with Crippen molar-refractivity contribution in [1.29, 1.82) is 0 Å². The van der Waals surface area contributed by atoms with Crippen molar-refractivity contribution < 1.29 is 24.0 Å². The van der Waals surface area contributed by atoms with E-state index in [9.17, 15) is 5.11 Å². The van der Waals surface area contributed by atoms with Crippen LogP contribution in [0.1, 0.15) is 43.6 Å². The van der Waals surface area contributed by atoms with Gasteiger partial charge in [0, 0.05) is 11.1 Å². The van der Waals surface area contributed by atoms with E-state index in [0.717, 1.165) is 27.6 Å². The molecule has 2 aliphatic heterocycles. The van der Waals surface area contributed by atoms with Crippen LogP contribution in [-0.4, -0.2) is 31.5 Å². The van der Waals surface area contributed by atoms with Gasteiger partial charge >= 0.3 is 6.75 Å². The first-order valence-corrected chi connectivity index (χ1v) is 15.4. The molecule has 4 atom stereocenters. The van der Waals surface area contributed by atoms with Gasteiger partial charge in [0.15, 0.2) is 0 Å². The number of rotatable bonds is 6. The number of quaternary nitrogens is 1. The number of benzene rings is 4. The molecule has 1 fully saturated rings. The zero-order valence-corrected chi connectivity index (χ0v) is 23.8. The van der Waals surface area contributed by atoms with Gasteiger partial charge < -0.3 is 24.0 Å². The van der Waals surface area contributed by atoms with Crippen molar-refractivity contribution in [2.45, 2.75) is 32.5 Å². The van der Waals surface area contributed by atoms with Crippen LogP contribution in [0.15, 0.2) is 109 Å². The van der Waals surface area contributed by atoms with Gasteiger partial charge in [0.25, 0.3) is 0 Å². The monoisotopic (exact) mass is 541 g/mol. The summed E-state index contributed by atoms with van der Waals surface area (Å²) in [5.41, 5.74) is 2.61. The van der Waals surface area contributed by atoms with E-state index in [-0.39, 0.29) is 11.6 Å². The van der Waals surface area contributed by atoms with Crippen molar-refractivity contribution in [3.05, 3.63) is 120 Å². The highest BCUT2D eigenvalue weighted by molar-refractivity contribution is 7.66. The van der Waals surface area contributed by atoms with Crippen LogP contribution in [-0.2, 0) is 9.31 Å². The van der Waals surface area contributed by atoms with E-state index in [1.54, 1.807) is 11.0 Å². The van der Waals surface area contributed by atoms with Crippen molar-refractivity contribution in [3.63, 3.8) is 0 Å². The molecule has 1 saturated heterocycles. The molecular formula is C32H37BNO4P. The minimum atomic E-state index is -2.26. The van der Waals surface area contributed by atoms with Crippen LogP contribution in [0.4, 0.5) is 0 Å². The fourth-order valence-corrected chi connectivity index (χ4v) is 8.24. The Morgan fingerprint density at radius 2 is 1.18 bits per heavy atom. The molecule has 4 aromatic carbocycles. The predicted molar refractivity (Wildman–Crippen MR) is 160 cm³/mol. The lowest BCUT2D eigenvalue weighted by Gasteiger charge is -2.59. The average Bonchev–Trinajstić information content (AvgIpc) is 2.99. The van der Waals surface area contributed by atoms with Crippen molar-refractivity contribution in [3.8, 4) is 11.5 Å². The van der Waals surface area contributed by atoms with E-state index in [0.29, 0.717) is 0 Å². The van der Waals surface area contributed by atoms with Crippen molar-refractivity contribution in [1.82, 2.24) is 0 Å². The maximum absolute atomic E-state index is 10.8. The number of para-hydroxylation sites is 2. The molecule has 7 heteroatoms. The van der Waals surface area contributed by atoms with Gasteiger partial charge in [-0.15, -0.1) is 5.46 Å². The van der Waals surface area contributed by atoms with Crippen LogP contribution in [0, 0.1) is 0 Å². The minimum absolute atomic E-state index is 0.216. The van der Waals surface area contributed by atoms with Crippen molar-refractivity contribution >= 4 is 25.4 Å². The molecule has 0 spiro atoms. The van der Waals surface area contributed by atoms with Crippen LogP contribution in [0.2, 0.25) is 0 Å². The van der Waals surface area contributed by atoms with Crippen molar-refractivity contribution in [2.75, 3.05) is 19.6 Å². The van der Waals surface area contributed by atoms with Gasteiger partial charge in [0.05, 0.1) is 37.1 Å². The maximum Gasteiger partial charge on any atom is 0.467 e. The Morgan fingerprint density at radius 3 is 1.77 bits per heavy atom. The lowest BCUT2D eigenvalue weighted by atomic mass is 9.67. The SMILES string of the molecule is CC[NH+](CC)CC.Oc1ccccc1C1O[B-]2(c3ccccc3)Oc3ccccc3C(O2)P1c1ccccc1. The highest BCUT2D eigenvalue weighted by Gasteiger charge is 2.52. The third-order valence-electron chi connectivity index (χ3n) is 7.55. The van der Waals surface area contributed by atoms with E-state index in [2.05, 4.69) is 39.0 Å². The molecule has 5 nitrogen and oxygen atoms in total. The molecule has 2 aliphatic rings. The summed E-state index contributed by atoms with van der Waals surface area (Å²) in [6.07, 6.45) is 0. The van der Waals surface area contributed by atoms with E-state index >= 15 is 0 Å². The number of hydrogen-bond donors (Lipinski definition) is 2. The summed E-state index contributed by atoms with van der Waals surface area (Å²) in [7, 11) is -1.04. The van der Waals surface area contributed by atoms with E-state index in [4.69, 9.17) is 14.0 Å². The Bertz CT molecular complexity index is 1350. The lowest BCUT2D eigenvalue weighted by Crippen LogP contribution is -3.11. The molecule has 0 saturated carbocycles. The van der Waals surface area contributed by atoms with Gasteiger partial charge in [-0.05, 0) is 46.1 Å². The number of phenols is 1. The summed E-state index contributed by atoms with van der Waals surface area (Å²) in [5, 5.41) is 11.9. The fourth-order valence-electron chi connectivity index (χ4n) is 5.32. The van der Waals surface area contributed by atoms with Gasteiger partial charge in [0.1, 0.15) is 5.75 Å². The van der Waals surface area contributed by atoms with Crippen molar-refractivity contribution in [2.24, 2.45) is 0 Å². The molecule has 0 aromatic heterocycles. The molecule has 6 rings (SSSR count). The number of aromatic hydroxyl groups is 1. The molecule has 4 unspecified atom stereocenters. The van der Waals surface area contributed by atoms with Gasteiger partial charge in [-0.1, -0.05) is 97.1 Å². The Labute approximate surface area is 233 Å². The molecule has 0 amide bonds. The average molecular weight is 541 g/mol. The second-order valence-corrected chi connectivity index (χ2v) is 12.1. The van der Waals surface area contributed by atoms with Crippen LogP contribution >= 0.6 is 7.92 Å². The molecule has 202 valence electrons. The molecule has 2 heterocycles. The number of hydrogen-bond acceptors (Lipinski definition) is 4. The number of nitrogens with one attached hydrogen (secondary N) is 1. The Balaban J connectivity index is 0.000000392. The highest BCUT2D eigenvalue weighted by atomic mass is 31.1. The van der Waals surface area contributed by atoms with E-state index < -0.39 is 20.5 Å². The van der Waals surface area contributed by atoms with Crippen LogP contribution in [0.5, 0.6) is 11.5 Å². The first-order valence-electron chi connectivity index (χ1n) is 13.9. The minimum Gasteiger partial charge on any atom is -0.666 e. The zero-order valence-electron chi connectivity index (χ0n) is 22.9. The van der Waals surface area contributed by atoms with E-state index in [1.165, 1.54) is 19.6 Å². The normalized spacial score (nSPS) is 23.2.